The van der Waals surface area contributed by atoms with Gasteiger partial charge in [-0.3, -0.25) is 24.0 Å². The van der Waals surface area contributed by atoms with Crippen molar-refractivity contribution < 1.29 is 34.2 Å². The molecular weight excluding hydrogens is 386 g/mol. The Balaban J connectivity index is 5.13. The minimum atomic E-state index is -1.39. The van der Waals surface area contributed by atoms with Gasteiger partial charge in [-0.15, -0.1) is 0 Å². The van der Waals surface area contributed by atoms with E-state index in [1.165, 1.54) is 6.92 Å². The van der Waals surface area contributed by atoms with Gasteiger partial charge in [0.25, 0.3) is 0 Å². The van der Waals surface area contributed by atoms with Crippen molar-refractivity contribution in [3.05, 3.63) is 0 Å². The third-order valence-corrected chi connectivity index (χ3v) is 3.92. The highest BCUT2D eigenvalue weighted by atomic mass is 16.4. The van der Waals surface area contributed by atoms with Gasteiger partial charge in [-0.2, -0.15) is 0 Å². The smallest absolute Gasteiger partial charge is 0.325 e. The van der Waals surface area contributed by atoms with Gasteiger partial charge in [0.2, 0.25) is 23.6 Å². The Labute approximate surface area is 168 Å². The van der Waals surface area contributed by atoms with Crippen molar-refractivity contribution in [2.24, 2.45) is 17.4 Å². The molecule has 0 aliphatic heterocycles. The maximum absolute atomic E-state index is 12.4. The predicted molar refractivity (Wildman–Crippen MR) is 102 cm³/mol. The van der Waals surface area contributed by atoms with Crippen molar-refractivity contribution >= 4 is 29.6 Å². The number of primary amides is 1. The zero-order chi connectivity index (χ0) is 22.7. The minimum Gasteiger partial charge on any atom is -0.480 e. The molecule has 0 spiro atoms. The van der Waals surface area contributed by atoms with Crippen LogP contribution in [0.3, 0.4) is 0 Å². The van der Waals surface area contributed by atoms with Crippen LogP contribution in [0, 0.1) is 5.92 Å². The van der Waals surface area contributed by atoms with E-state index in [9.17, 15) is 29.1 Å². The van der Waals surface area contributed by atoms with Crippen LogP contribution < -0.4 is 27.4 Å². The van der Waals surface area contributed by atoms with Crippen molar-refractivity contribution in [3.63, 3.8) is 0 Å². The molecular formula is C17H31N5O7. The van der Waals surface area contributed by atoms with Gasteiger partial charge >= 0.3 is 5.97 Å². The fraction of sp³-hybridized carbons (Fsp3) is 0.706. The van der Waals surface area contributed by atoms with Crippen molar-refractivity contribution in [1.29, 1.82) is 0 Å². The Morgan fingerprint density at radius 1 is 0.897 bits per heavy atom. The van der Waals surface area contributed by atoms with Crippen molar-refractivity contribution in [3.8, 4) is 0 Å². The number of aliphatic carboxylic acids is 1. The molecule has 0 aliphatic carbocycles. The lowest BCUT2D eigenvalue weighted by atomic mass is 10.0. The standard InChI is InChI=1S/C17H31N5O7/c1-8(2)6-10(18)14(25)22-12(7-23)16(27)21-11(4-5-13(19)24)15(26)20-9(3)17(28)29/h8-12,23H,4-7,18H2,1-3H3,(H2,19,24)(H,20,26)(H,21,27)(H,22,25)(H,28,29). The lowest BCUT2D eigenvalue weighted by Gasteiger charge is -2.24. The van der Waals surface area contributed by atoms with E-state index in [4.69, 9.17) is 16.6 Å². The van der Waals surface area contributed by atoms with Crippen molar-refractivity contribution in [2.45, 2.75) is 64.2 Å². The van der Waals surface area contributed by atoms with Gasteiger partial charge in [-0.05, 0) is 25.7 Å². The molecule has 12 nitrogen and oxygen atoms in total. The number of carbonyl (C=O) groups excluding carboxylic acids is 4. The Morgan fingerprint density at radius 3 is 1.86 bits per heavy atom. The van der Waals surface area contributed by atoms with E-state index in [1.54, 1.807) is 0 Å². The summed E-state index contributed by atoms with van der Waals surface area (Å²) in [7, 11) is 0. The minimum absolute atomic E-state index is 0.134. The molecule has 0 aromatic rings. The molecule has 0 saturated heterocycles. The van der Waals surface area contributed by atoms with Crippen LogP contribution in [0.15, 0.2) is 0 Å². The van der Waals surface area contributed by atoms with Gasteiger partial charge in [-0.25, -0.2) is 0 Å². The first-order valence-electron chi connectivity index (χ1n) is 9.17. The summed E-state index contributed by atoms with van der Waals surface area (Å²) < 4.78 is 0. The first kappa shape index (κ1) is 26.3. The maximum atomic E-state index is 12.4. The summed E-state index contributed by atoms with van der Waals surface area (Å²) in [5, 5.41) is 25.1. The van der Waals surface area contributed by atoms with E-state index in [2.05, 4.69) is 16.0 Å². The molecule has 0 aliphatic rings. The third kappa shape index (κ3) is 10.4. The highest BCUT2D eigenvalue weighted by molar-refractivity contribution is 5.94. The molecule has 9 N–H and O–H groups in total. The second-order valence-corrected chi connectivity index (χ2v) is 7.11. The first-order chi connectivity index (χ1) is 13.4. The van der Waals surface area contributed by atoms with Crippen LogP contribution in [-0.2, 0) is 24.0 Å². The molecule has 0 aromatic carbocycles. The number of hydrogen-bond acceptors (Lipinski definition) is 7. The summed E-state index contributed by atoms with van der Waals surface area (Å²) in [6.45, 7) is 4.19. The maximum Gasteiger partial charge on any atom is 0.325 e. The van der Waals surface area contributed by atoms with E-state index in [1.807, 2.05) is 13.8 Å². The van der Waals surface area contributed by atoms with E-state index >= 15 is 0 Å². The molecule has 0 fully saturated rings. The molecule has 0 rings (SSSR count). The number of rotatable bonds is 13. The largest absolute Gasteiger partial charge is 0.480 e. The summed E-state index contributed by atoms with van der Waals surface area (Å²) in [6, 6.07) is -4.81. The van der Waals surface area contributed by atoms with Crippen LogP contribution in [0.5, 0.6) is 0 Å². The predicted octanol–water partition coefficient (Wildman–Crippen LogP) is -2.82. The monoisotopic (exact) mass is 417 g/mol. The second-order valence-electron chi connectivity index (χ2n) is 7.11. The zero-order valence-corrected chi connectivity index (χ0v) is 16.8. The van der Waals surface area contributed by atoms with Crippen LogP contribution in [0.1, 0.15) is 40.0 Å². The Morgan fingerprint density at radius 2 is 1.41 bits per heavy atom. The molecule has 0 heterocycles. The zero-order valence-electron chi connectivity index (χ0n) is 16.8. The summed E-state index contributed by atoms with van der Waals surface area (Å²) in [5.41, 5.74) is 10.8. The number of nitrogens with two attached hydrogens (primary N) is 2. The number of aliphatic hydroxyl groups excluding tert-OH is 1. The SMILES string of the molecule is CC(C)CC(N)C(=O)NC(CO)C(=O)NC(CCC(N)=O)C(=O)NC(C)C(=O)O. The number of aliphatic hydroxyl groups is 1. The van der Waals surface area contributed by atoms with Crippen LogP contribution in [-0.4, -0.2) is 70.6 Å². The molecule has 12 heteroatoms. The van der Waals surface area contributed by atoms with Crippen LogP contribution in [0.2, 0.25) is 0 Å². The number of carboxylic acids is 1. The van der Waals surface area contributed by atoms with E-state index in [0.717, 1.165) is 0 Å². The molecule has 4 atom stereocenters. The lowest BCUT2D eigenvalue weighted by molar-refractivity contribution is -0.142. The quantitative estimate of drug-likeness (QED) is 0.165. The molecule has 29 heavy (non-hydrogen) atoms. The summed E-state index contributed by atoms with van der Waals surface area (Å²) in [6.07, 6.45) is -0.0875. The third-order valence-electron chi connectivity index (χ3n) is 3.92. The van der Waals surface area contributed by atoms with E-state index in [-0.39, 0.29) is 18.8 Å². The van der Waals surface area contributed by atoms with E-state index in [0.29, 0.717) is 6.42 Å². The van der Waals surface area contributed by atoms with Gasteiger partial charge in [0.1, 0.15) is 18.1 Å². The molecule has 4 amide bonds. The summed E-state index contributed by atoms with van der Waals surface area (Å²) in [5.74, 6) is -4.28. The Hall–Kier alpha value is -2.73. The molecule has 0 radical (unpaired) electrons. The average molecular weight is 417 g/mol. The van der Waals surface area contributed by atoms with Crippen LogP contribution in [0.25, 0.3) is 0 Å². The fourth-order valence-electron chi connectivity index (χ4n) is 2.29. The molecule has 0 saturated carbocycles. The van der Waals surface area contributed by atoms with Crippen molar-refractivity contribution in [1.82, 2.24) is 16.0 Å². The first-order valence-corrected chi connectivity index (χ1v) is 9.17. The van der Waals surface area contributed by atoms with Gasteiger partial charge < -0.3 is 37.6 Å². The number of carbonyl (C=O) groups is 5. The van der Waals surface area contributed by atoms with Gasteiger partial charge in [0, 0.05) is 6.42 Å². The topological polar surface area (TPSA) is 214 Å². The van der Waals surface area contributed by atoms with Gasteiger partial charge in [0.05, 0.1) is 12.6 Å². The highest BCUT2D eigenvalue weighted by Gasteiger charge is 2.29. The number of amides is 4. The number of carboxylic acid groups (broad SMARTS) is 1. The van der Waals surface area contributed by atoms with Gasteiger partial charge in [-0.1, -0.05) is 13.8 Å². The lowest BCUT2D eigenvalue weighted by Crippen LogP contribution is -2.58. The molecule has 166 valence electrons. The number of nitrogens with one attached hydrogen (secondary N) is 3. The number of hydrogen-bond donors (Lipinski definition) is 7. The summed E-state index contributed by atoms with van der Waals surface area (Å²) >= 11 is 0. The van der Waals surface area contributed by atoms with Gasteiger partial charge in [0.15, 0.2) is 0 Å². The summed E-state index contributed by atoms with van der Waals surface area (Å²) in [4.78, 5) is 58.6. The highest BCUT2D eigenvalue weighted by Crippen LogP contribution is 2.04. The normalized spacial score (nSPS) is 15.0. The molecule has 0 bridgehead atoms. The fourth-order valence-corrected chi connectivity index (χ4v) is 2.29. The van der Waals surface area contributed by atoms with Crippen LogP contribution >= 0.6 is 0 Å². The van der Waals surface area contributed by atoms with E-state index < -0.39 is 60.4 Å². The average Bonchev–Trinajstić information content (AvgIpc) is 2.61. The second kappa shape index (κ2) is 12.7. The molecule has 0 aromatic heterocycles. The Kier molecular flexibility index (Phi) is 11.5. The Bertz CT molecular complexity index is 611. The van der Waals surface area contributed by atoms with Crippen molar-refractivity contribution in [2.75, 3.05) is 6.61 Å². The molecule has 4 unspecified atom stereocenters. The van der Waals surface area contributed by atoms with Crippen LogP contribution in [0.4, 0.5) is 0 Å².